The first-order valence-electron chi connectivity index (χ1n) is 2.37. The van der Waals surface area contributed by atoms with E-state index in [-0.39, 0.29) is 0 Å². The predicted molar refractivity (Wildman–Crippen MR) is 32.1 cm³/mol. The first-order valence-corrected chi connectivity index (χ1v) is 2.37. The van der Waals surface area contributed by atoms with Crippen LogP contribution in [0, 0.1) is 6.61 Å². The summed E-state index contributed by atoms with van der Waals surface area (Å²) in [4.78, 5) is 0. The van der Waals surface area contributed by atoms with Gasteiger partial charge in [0.15, 0.2) is 0 Å². The third-order valence-corrected chi connectivity index (χ3v) is 0.766. The predicted octanol–water partition coefficient (Wildman–Crippen LogP) is 1.34. The fourth-order valence-electron chi connectivity index (χ4n) is 0.260. The van der Waals surface area contributed by atoms with Gasteiger partial charge in [0.05, 0.1) is 19.5 Å². The molecule has 0 aromatic rings. The van der Waals surface area contributed by atoms with Crippen molar-refractivity contribution >= 4 is 0 Å². The van der Waals surface area contributed by atoms with Crippen LogP contribution in [0.5, 0.6) is 0 Å². The Kier molecular flexibility index (Phi) is 4.36. The molecule has 0 aliphatic heterocycles. The average molecular weight is 115 g/mol. The molecular weight excluding hydrogens is 104 g/mol. The summed E-state index contributed by atoms with van der Waals surface area (Å²) >= 11 is 0. The molecule has 0 saturated carbocycles. The van der Waals surface area contributed by atoms with E-state index in [0.717, 1.165) is 0 Å². The van der Waals surface area contributed by atoms with Gasteiger partial charge in [0.1, 0.15) is 0 Å². The highest BCUT2D eigenvalue weighted by molar-refractivity contribution is 4.84. The first-order chi connectivity index (χ1) is 3.81. The van der Waals surface area contributed by atoms with Crippen molar-refractivity contribution in [3.8, 4) is 0 Å². The molecule has 0 aliphatic carbocycles. The van der Waals surface area contributed by atoms with E-state index in [2.05, 4.69) is 11.3 Å². The minimum absolute atomic E-state index is 0.660. The molecule has 0 bridgehead atoms. The van der Waals surface area contributed by atoms with Gasteiger partial charge in [-0.15, -0.1) is 0 Å². The zero-order valence-corrected chi connectivity index (χ0v) is 5.31. The van der Waals surface area contributed by atoms with Crippen LogP contribution in [0.2, 0.25) is 0 Å². The lowest BCUT2D eigenvalue weighted by atomic mass is 10.4. The fraction of sp³-hybridized carbons (Fsp3) is 0.500. The molecule has 0 fully saturated rings. The molecule has 2 nitrogen and oxygen atoms in total. The Bertz CT molecular complexity index is 68.9. The lowest BCUT2D eigenvalue weighted by Crippen LogP contribution is -1.86. The van der Waals surface area contributed by atoms with Crippen molar-refractivity contribution in [1.29, 1.82) is 0 Å². The van der Waals surface area contributed by atoms with Crippen molar-refractivity contribution in [3.05, 3.63) is 18.9 Å². The summed E-state index contributed by atoms with van der Waals surface area (Å²) in [6.07, 6.45) is 0.660. The Hall–Kier alpha value is -0.500. The van der Waals surface area contributed by atoms with Gasteiger partial charge in [-0.1, -0.05) is 6.58 Å². The van der Waals surface area contributed by atoms with Crippen molar-refractivity contribution < 1.29 is 9.47 Å². The van der Waals surface area contributed by atoms with Crippen molar-refractivity contribution in [2.75, 3.05) is 14.2 Å². The number of ether oxygens (including phenoxy) is 2. The maximum absolute atomic E-state index is 4.75. The van der Waals surface area contributed by atoms with E-state index >= 15 is 0 Å². The monoisotopic (exact) mass is 115 g/mol. The molecule has 0 aliphatic rings. The molecular formula is C6H11O2. The van der Waals surface area contributed by atoms with Gasteiger partial charge in [-0.25, -0.2) is 0 Å². The first kappa shape index (κ1) is 7.50. The van der Waals surface area contributed by atoms with E-state index in [4.69, 9.17) is 4.74 Å². The van der Waals surface area contributed by atoms with Gasteiger partial charge in [-0.2, -0.15) is 0 Å². The lowest BCUT2D eigenvalue weighted by molar-refractivity contribution is 0.232. The summed E-state index contributed by atoms with van der Waals surface area (Å²) in [5.41, 5.74) is 0. The Morgan fingerprint density at radius 3 is 2.62 bits per heavy atom. The Morgan fingerprint density at radius 2 is 2.25 bits per heavy atom. The van der Waals surface area contributed by atoms with Gasteiger partial charge < -0.3 is 9.47 Å². The number of hydrogen-bond acceptors (Lipinski definition) is 2. The zero-order chi connectivity index (χ0) is 6.41. The summed E-state index contributed by atoms with van der Waals surface area (Å²) in [5.74, 6) is 0.715. The highest BCUT2D eigenvalue weighted by Crippen LogP contribution is 1.99. The molecule has 0 rings (SSSR count). The Morgan fingerprint density at radius 1 is 1.62 bits per heavy atom. The van der Waals surface area contributed by atoms with Crippen LogP contribution in [-0.2, 0) is 9.47 Å². The Labute approximate surface area is 50.1 Å². The van der Waals surface area contributed by atoms with Crippen molar-refractivity contribution in [2.24, 2.45) is 0 Å². The van der Waals surface area contributed by atoms with E-state index in [0.29, 0.717) is 12.2 Å². The zero-order valence-electron chi connectivity index (χ0n) is 5.31. The van der Waals surface area contributed by atoms with Crippen LogP contribution in [0.4, 0.5) is 0 Å². The molecule has 0 heterocycles. The molecule has 2 heteroatoms. The highest BCUT2D eigenvalue weighted by atomic mass is 16.5. The number of methoxy groups -OCH3 is 2. The molecule has 0 saturated heterocycles. The molecule has 0 N–H and O–H groups in total. The third-order valence-electron chi connectivity index (χ3n) is 0.766. The Balaban J connectivity index is 2.99. The van der Waals surface area contributed by atoms with E-state index < -0.39 is 0 Å². The molecule has 0 aromatic carbocycles. The van der Waals surface area contributed by atoms with Gasteiger partial charge >= 0.3 is 0 Å². The normalized spacial score (nSPS) is 8.75. The standard InChI is InChI=1S/C6H11O2/c1-6(8-3)4-5-7-2/h5H,1,4H2,2-3H3. The summed E-state index contributed by atoms with van der Waals surface area (Å²) < 4.78 is 9.40. The second-order valence-electron chi connectivity index (χ2n) is 1.35. The van der Waals surface area contributed by atoms with Crippen LogP contribution in [0.15, 0.2) is 12.3 Å². The molecule has 0 spiro atoms. The van der Waals surface area contributed by atoms with E-state index in [1.807, 2.05) is 0 Å². The van der Waals surface area contributed by atoms with Crippen LogP contribution in [0.3, 0.4) is 0 Å². The van der Waals surface area contributed by atoms with Gasteiger partial charge in [0.2, 0.25) is 0 Å². The van der Waals surface area contributed by atoms with Gasteiger partial charge in [-0.05, 0) is 0 Å². The molecule has 0 amide bonds. The van der Waals surface area contributed by atoms with Gasteiger partial charge in [-0.3, -0.25) is 0 Å². The van der Waals surface area contributed by atoms with E-state index in [9.17, 15) is 0 Å². The fourth-order valence-corrected chi connectivity index (χ4v) is 0.260. The van der Waals surface area contributed by atoms with Crippen molar-refractivity contribution in [2.45, 2.75) is 6.42 Å². The molecule has 47 valence electrons. The van der Waals surface area contributed by atoms with Crippen LogP contribution in [-0.4, -0.2) is 14.2 Å². The highest BCUT2D eigenvalue weighted by Gasteiger charge is 1.88. The maximum atomic E-state index is 4.75. The average Bonchev–Trinajstić information content (AvgIpc) is 1.83. The largest absolute Gasteiger partial charge is 0.502 e. The summed E-state index contributed by atoms with van der Waals surface area (Å²) in [5, 5.41) is 0. The van der Waals surface area contributed by atoms with Gasteiger partial charge in [0.25, 0.3) is 0 Å². The molecule has 0 atom stereocenters. The van der Waals surface area contributed by atoms with Crippen LogP contribution < -0.4 is 0 Å². The summed E-state index contributed by atoms with van der Waals surface area (Å²) in [6.45, 7) is 5.21. The van der Waals surface area contributed by atoms with E-state index in [1.54, 1.807) is 20.8 Å². The van der Waals surface area contributed by atoms with Crippen LogP contribution >= 0.6 is 0 Å². The summed E-state index contributed by atoms with van der Waals surface area (Å²) in [7, 11) is 3.19. The van der Waals surface area contributed by atoms with Crippen LogP contribution in [0.25, 0.3) is 0 Å². The minimum Gasteiger partial charge on any atom is -0.502 e. The third kappa shape index (κ3) is 3.68. The number of rotatable bonds is 4. The van der Waals surface area contributed by atoms with Gasteiger partial charge in [0, 0.05) is 13.5 Å². The smallest absolute Gasteiger partial charge is 0.0910 e. The second-order valence-corrected chi connectivity index (χ2v) is 1.35. The lowest BCUT2D eigenvalue weighted by Gasteiger charge is -1.99. The van der Waals surface area contributed by atoms with E-state index in [1.165, 1.54) is 0 Å². The molecule has 8 heavy (non-hydrogen) atoms. The molecule has 1 radical (unpaired) electrons. The van der Waals surface area contributed by atoms with Crippen LogP contribution in [0.1, 0.15) is 6.42 Å². The second kappa shape index (κ2) is 4.65. The SMILES string of the molecule is C=C(C[CH]OC)OC. The number of hydrogen-bond donors (Lipinski definition) is 0. The molecule has 0 unspecified atom stereocenters. The molecule has 0 aromatic heterocycles. The minimum atomic E-state index is 0.660. The summed E-state index contributed by atoms with van der Waals surface area (Å²) in [6, 6.07) is 0. The van der Waals surface area contributed by atoms with Crippen molar-refractivity contribution in [3.63, 3.8) is 0 Å². The topological polar surface area (TPSA) is 18.5 Å². The van der Waals surface area contributed by atoms with Crippen molar-refractivity contribution in [1.82, 2.24) is 0 Å². The quantitative estimate of drug-likeness (QED) is 0.515. The maximum Gasteiger partial charge on any atom is 0.0910 e.